The van der Waals surface area contributed by atoms with Crippen molar-refractivity contribution in [2.24, 2.45) is 0 Å². The second-order valence-electron chi connectivity index (χ2n) is 7.59. The van der Waals surface area contributed by atoms with Crippen molar-refractivity contribution in [2.75, 3.05) is 25.9 Å². The first kappa shape index (κ1) is 21.6. The van der Waals surface area contributed by atoms with Gasteiger partial charge in [-0.15, -0.1) is 0 Å². The summed E-state index contributed by atoms with van der Waals surface area (Å²) in [5.41, 5.74) is 1.83. The van der Waals surface area contributed by atoms with E-state index in [9.17, 15) is 8.42 Å². The number of benzene rings is 2. The molecule has 0 amide bonds. The van der Waals surface area contributed by atoms with E-state index in [0.29, 0.717) is 12.5 Å². The lowest BCUT2D eigenvalue weighted by molar-refractivity contribution is 0.0754. The molecule has 2 aromatic carbocycles. The number of nitrogens with zero attached hydrogens (tertiary/aromatic N) is 1. The molecule has 5 heteroatoms. The maximum atomic E-state index is 11.8. The number of likely N-dealkylation sites (N-methyl/N-ethyl adjacent to an activating group) is 1. The smallest absolute Gasteiger partial charge is 0.267 e. The standard InChI is InChI=1S/C22H31NO3S/c1-5-27(24,25)26-22(2,3)18-23(4)17-16-21(19-12-8-6-9-13-19)20-14-10-7-11-15-20/h6-15,21H,5,16-18H2,1-4H3. The van der Waals surface area contributed by atoms with Crippen LogP contribution < -0.4 is 0 Å². The largest absolute Gasteiger partial charge is 0.303 e. The van der Waals surface area contributed by atoms with Gasteiger partial charge in [-0.3, -0.25) is 4.18 Å². The first-order chi connectivity index (χ1) is 12.7. The minimum Gasteiger partial charge on any atom is -0.303 e. The number of hydrogen-bond donors (Lipinski definition) is 0. The topological polar surface area (TPSA) is 46.6 Å². The number of rotatable bonds is 10. The van der Waals surface area contributed by atoms with Crippen LogP contribution in [0.4, 0.5) is 0 Å². The van der Waals surface area contributed by atoms with Crippen molar-refractivity contribution in [2.45, 2.75) is 38.7 Å². The predicted molar refractivity (Wildman–Crippen MR) is 111 cm³/mol. The van der Waals surface area contributed by atoms with Crippen LogP contribution in [0.5, 0.6) is 0 Å². The molecule has 0 saturated heterocycles. The Morgan fingerprint density at radius 1 is 0.963 bits per heavy atom. The second kappa shape index (κ2) is 9.49. The Kier molecular flexibility index (Phi) is 7.59. The molecule has 0 atom stereocenters. The molecule has 0 spiro atoms. The summed E-state index contributed by atoms with van der Waals surface area (Å²) in [6, 6.07) is 21.0. The molecule has 0 saturated carbocycles. The van der Waals surface area contributed by atoms with Crippen LogP contribution in [0.15, 0.2) is 60.7 Å². The summed E-state index contributed by atoms with van der Waals surface area (Å²) in [5.74, 6) is 0.294. The van der Waals surface area contributed by atoms with Gasteiger partial charge in [-0.1, -0.05) is 60.7 Å². The van der Waals surface area contributed by atoms with Gasteiger partial charge in [0.2, 0.25) is 0 Å². The molecular weight excluding hydrogens is 358 g/mol. The summed E-state index contributed by atoms with van der Waals surface area (Å²) < 4.78 is 28.9. The second-order valence-corrected chi connectivity index (χ2v) is 9.45. The van der Waals surface area contributed by atoms with Gasteiger partial charge in [0, 0.05) is 12.5 Å². The van der Waals surface area contributed by atoms with Gasteiger partial charge in [0.05, 0.1) is 11.4 Å². The predicted octanol–water partition coefficient (Wildman–Crippen LogP) is 4.29. The number of hydrogen-bond acceptors (Lipinski definition) is 4. The molecule has 0 aromatic heterocycles. The van der Waals surface area contributed by atoms with Crippen LogP contribution in [0.25, 0.3) is 0 Å². The van der Waals surface area contributed by atoms with Crippen LogP contribution in [-0.4, -0.2) is 44.8 Å². The van der Waals surface area contributed by atoms with E-state index in [-0.39, 0.29) is 5.75 Å². The Balaban J connectivity index is 2.04. The van der Waals surface area contributed by atoms with E-state index in [1.807, 2.05) is 33.0 Å². The van der Waals surface area contributed by atoms with E-state index in [0.717, 1.165) is 13.0 Å². The maximum Gasteiger partial charge on any atom is 0.267 e. The first-order valence-corrected chi connectivity index (χ1v) is 11.0. The Bertz CT molecular complexity index is 749. The molecule has 0 bridgehead atoms. The van der Waals surface area contributed by atoms with E-state index in [2.05, 4.69) is 53.4 Å². The average Bonchev–Trinajstić information content (AvgIpc) is 2.62. The van der Waals surface area contributed by atoms with Gasteiger partial charge < -0.3 is 4.90 Å². The lowest BCUT2D eigenvalue weighted by Gasteiger charge is -2.30. The van der Waals surface area contributed by atoms with Crippen molar-refractivity contribution in [3.8, 4) is 0 Å². The van der Waals surface area contributed by atoms with E-state index < -0.39 is 15.7 Å². The van der Waals surface area contributed by atoms with Crippen molar-refractivity contribution >= 4 is 10.1 Å². The van der Waals surface area contributed by atoms with Gasteiger partial charge in [0.25, 0.3) is 10.1 Å². The van der Waals surface area contributed by atoms with Gasteiger partial charge >= 0.3 is 0 Å². The lowest BCUT2D eigenvalue weighted by Crippen LogP contribution is -2.41. The highest BCUT2D eigenvalue weighted by Gasteiger charge is 2.27. The molecule has 0 aliphatic carbocycles. The normalized spacial score (nSPS) is 12.7. The SMILES string of the molecule is CCS(=O)(=O)OC(C)(C)CN(C)CCC(c1ccccc1)c1ccccc1. The van der Waals surface area contributed by atoms with Crippen LogP contribution in [0.2, 0.25) is 0 Å². The molecule has 0 unspecified atom stereocenters. The fraction of sp³-hybridized carbons (Fsp3) is 0.455. The summed E-state index contributed by atoms with van der Waals surface area (Å²) in [4.78, 5) is 2.14. The van der Waals surface area contributed by atoms with Crippen molar-refractivity contribution in [3.05, 3.63) is 71.8 Å². The van der Waals surface area contributed by atoms with Crippen LogP contribution in [0, 0.1) is 0 Å². The highest BCUT2D eigenvalue weighted by Crippen LogP contribution is 2.28. The van der Waals surface area contributed by atoms with Crippen LogP contribution in [0.3, 0.4) is 0 Å². The first-order valence-electron chi connectivity index (χ1n) is 9.44. The minimum atomic E-state index is -3.47. The Morgan fingerprint density at radius 3 is 1.89 bits per heavy atom. The van der Waals surface area contributed by atoms with Crippen molar-refractivity contribution in [3.63, 3.8) is 0 Å². The van der Waals surface area contributed by atoms with Crippen molar-refractivity contribution in [1.29, 1.82) is 0 Å². The van der Waals surface area contributed by atoms with E-state index in [1.54, 1.807) is 6.92 Å². The third-order valence-corrected chi connectivity index (χ3v) is 5.97. The molecule has 148 valence electrons. The minimum absolute atomic E-state index is 0.00969. The highest BCUT2D eigenvalue weighted by atomic mass is 32.2. The zero-order valence-corrected chi connectivity index (χ0v) is 17.6. The molecule has 2 rings (SSSR count). The molecule has 0 fully saturated rings. The quantitative estimate of drug-likeness (QED) is 0.569. The zero-order valence-electron chi connectivity index (χ0n) is 16.8. The van der Waals surface area contributed by atoms with Gasteiger partial charge in [0.1, 0.15) is 0 Å². The van der Waals surface area contributed by atoms with E-state index in [1.165, 1.54) is 11.1 Å². The molecule has 0 aliphatic heterocycles. The Labute approximate surface area is 164 Å². The van der Waals surface area contributed by atoms with Gasteiger partial charge in [0.15, 0.2) is 0 Å². The van der Waals surface area contributed by atoms with E-state index >= 15 is 0 Å². The van der Waals surface area contributed by atoms with Crippen molar-refractivity contribution in [1.82, 2.24) is 4.90 Å². The van der Waals surface area contributed by atoms with Crippen LogP contribution in [0.1, 0.15) is 44.2 Å². The van der Waals surface area contributed by atoms with Crippen molar-refractivity contribution < 1.29 is 12.6 Å². The molecule has 2 aromatic rings. The average molecular weight is 390 g/mol. The molecule has 0 heterocycles. The summed E-state index contributed by atoms with van der Waals surface area (Å²) in [5, 5.41) is 0. The third kappa shape index (κ3) is 7.09. The molecule has 27 heavy (non-hydrogen) atoms. The van der Waals surface area contributed by atoms with Gasteiger partial charge in [-0.25, -0.2) is 0 Å². The summed E-state index contributed by atoms with van der Waals surface area (Å²) in [6.07, 6.45) is 0.946. The monoisotopic (exact) mass is 389 g/mol. The summed E-state index contributed by atoms with van der Waals surface area (Å²) >= 11 is 0. The zero-order chi connectivity index (χ0) is 19.9. The summed E-state index contributed by atoms with van der Waals surface area (Å²) in [6.45, 7) is 6.63. The molecule has 0 N–H and O–H groups in total. The molecule has 4 nitrogen and oxygen atoms in total. The van der Waals surface area contributed by atoms with Gasteiger partial charge in [-0.2, -0.15) is 8.42 Å². The van der Waals surface area contributed by atoms with Crippen LogP contribution >= 0.6 is 0 Å². The Hall–Kier alpha value is -1.69. The lowest BCUT2D eigenvalue weighted by atomic mass is 9.88. The molecule has 0 aliphatic rings. The third-order valence-electron chi connectivity index (χ3n) is 4.56. The highest BCUT2D eigenvalue weighted by molar-refractivity contribution is 7.86. The molecule has 0 radical (unpaired) electrons. The maximum absolute atomic E-state index is 11.8. The fourth-order valence-electron chi connectivity index (χ4n) is 3.40. The Morgan fingerprint density at radius 2 is 1.44 bits per heavy atom. The van der Waals surface area contributed by atoms with Gasteiger partial charge in [-0.05, 0) is 51.9 Å². The fourth-order valence-corrected chi connectivity index (χ4v) is 4.26. The molecular formula is C22H31NO3S. The van der Waals surface area contributed by atoms with E-state index in [4.69, 9.17) is 4.18 Å². The van der Waals surface area contributed by atoms with Crippen LogP contribution in [-0.2, 0) is 14.3 Å². The summed E-state index contributed by atoms with van der Waals surface area (Å²) in [7, 11) is -1.46.